The Kier molecular flexibility index (Phi) is 5.91. The van der Waals surface area contributed by atoms with Gasteiger partial charge in [0.1, 0.15) is 16.3 Å². The molecule has 3 heterocycles. The number of aryl methyl sites for hydroxylation is 2. The molecule has 0 saturated carbocycles. The van der Waals surface area contributed by atoms with Crippen LogP contribution in [-0.2, 0) is 6.42 Å². The molecule has 2 aromatic carbocycles. The minimum atomic E-state index is -0.684. The second-order valence-corrected chi connectivity index (χ2v) is 9.44. The fourth-order valence-corrected chi connectivity index (χ4v) is 5.22. The van der Waals surface area contributed by atoms with Crippen molar-refractivity contribution in [2.75, 3.05) is 11.5 Å². The van der Waals surface area contributed by atoms with Crippen molar-refractivity contribution in [2.24, 2.45) is 0 Å². The minimum Gasteiger partial charge on any atom is -0.494 e. The van der Waals surface area contributed by atoms with Crippen molar-refractivity contribution < 1.29 is 13.9 Å². The summed E-state index contributed by atoms with van der Waals surface area (Å²) >= 11 is 1.37. The number of amides is 1. The molecule has 1 amide bonds. The number of fused-ring (bicyclic) bond motifs is 2. The molecule has 8 heteroatoms. The Morgan fingerprint density at radius 1 is 1.09 bits per heavy atom. The molecule has 0 fully saturated rings. The molecule has 1 aliphatic rings. The van der Waals surface area contributed by atoms with E-state index in [9.17, 15) is 9.59 Å². The molecule has 1 atom stereocenters. The van der Waals surface area contributed by atoms with Gasteiger partial charge in [-0.3, -0.25) is 14.5 Å². The Balaban J connectivity index is 1.72. The molecule has 1 aliphatic heterocycles. The van der Waals surface area contributed by atoms with E-state index in [1.165, 1.54) is 16.2 Å². The molecular weight excluding hydrogens is 450 g/mol. The van der Waals surface area contributed by atoms with Gasteiger partial charge in [0.05, 0.1) is 23.6 Å². The molecule has 7 nitrogen and oxygen atoms in total. The van der Waals surface area contributed by atoms with E-state index >= 15 is 0 Å². The van der Waals surface area contributed by atoms with Crippen molar-refractivity contribution in [3.05, 3.63) is 80.1 Å². The second-order valence-electron chi connectivity index (χ2n) is 8.40. The van der Waals surface area contributed by atoms with Crippen LogP contribution in [0.5, 0.6) is 5.75 Å². The molecule has 5 rings (SSSR count). The first-order valence-electron chi connectivity index (χ1n) is 11.5. The van der Waals surface area contributed by atoms with Crippen molar-refractivity contribution in [1.29, 1.82) is 0 Å². The summed E-state index contributed by atoms with van der Waals surface area (Å²) < 4.78 is 11.9. The number of aromatic nitrogens is 2. The average molecular weight is 476 g/mol. The van der Waals surface area contributed by atoms with E-state index in [1.807, 2.05) is 44.2 Å². The van der Waals surface area contributed by atoms with Gasteiger partial charge in [-0.25, -0.2) is 0 Å². The molecule has 174 valence electrons. The lowest BCUT2D eigenvalue weighted by atomic mass is 9.98. The van der Waals surface area contributed by atoms with Gasteiger partial charge >= 0.3 is 0 Å². The number of benzene rings is 2. The first-order chi connectivity index (χ1) is 16.5. The molecule has 0 bridgehead atoms. The number of rotatable bonds is 7. The van der Waals surface area contributed by atoms with Crippen LogP contribution >= 0.6 is 11.3 Å². The van der Waals surface area contributed by atoms with Crippen molar-refractivity contribution in [2.45, 2.75) is 46.1 Å². The van der Waals surface area contributed by atoms with Gasteiger partial charge in [0, 0.05) is 6.42 Å². The standard InChI is InChI=1S/C26H25N3O4S/c1-4-7-20-27-28-26(34-20)29-22(16-8-6-9-17(14-16)32-12-5-2)21-23(30)18-13-15(3)10-11-19(18)33-24(21)25(29)31/h6,8-11,13-14,22H,4-5,7,12H2,1-3H3. The van der Waals surface area contributed by atoms with Crippen LogP contribution in [-0.4, -0.2) is 22.7 Å². The van der Waals surface area contributed by atoms with Gasteiger partial charge in [-0.2, -0.15) is 0 Å². The average Bonchev–Trinajstić information content (AvgIpc) is 3.41. The summed E-state index contributed by atoms with van der Waals surface area (Å²) in [6.07, 6.45) is 2.58. The fraction of sp³-hybridized carbons (Fsp3) is 0.308. The Morgan fingerprint density at radius 3 is 2.74 bits per heavy atom. The summed E-state index contributed by atoms with van der Waals surface area (Å²) in [7, 11) is 0. The first-order valence-corrected chi connectivity index (χ1v) is 12.3. The highest BCUT2D eigenvalue weighted by Crippen LogP contribution is 2.42. The third-order valence-electron chi connectivity index (χ3n) is 5.80. The van der Waals surface area contributed by atoms with Crippen LogP contribution in [0.3, 0.4) is 0 Å². The van der Waals surface area contributed by atoms with Crippen molar-refractivity contribution in [3.8, 4) is 5.75 Å². The van der Waals surface area contributed by atoms with Gasteiger partial charge < -0.3 is 9.15 Å². The highest BCUT2D eigenvalue weighted by Gasteiger charge is 2.45. The summed E-state index contributed by atoms with van der Waals surface area (Å²) in [6, 6.07) is 12.2. The zero-order valence-electron chi connectivity index (χ0n) is 19.3. The highest BCUT2D eigenvalue weighted by molar-refractivity contribution is 7.15. The summed E-state index contributed by atoms with van der Waals surface area (Å²) in [5, 5.41) is 10.3. The number of carbonyl (C=O) groups is 1. The number of carbonyl (C=O) groups excluding carboxylic acids is 1. The third kappa shape index (κ3) is 3.77. The fourth-order valence-electron chi connectivity index (χ4n) is 4.25. The molecule has 0 saturated heterocycles. The third-order valence-corrected chi connectivity index (χ3v) is 6.78. The van der Waals surface area contributed by atoms with Crippen LogP contribution in [0, 0.1) is 6.92 Å². The van der Waals surface area contributed by atoms with Crippen LogP contribution in [0.2, 0.25) is 0 Å². The van der Waals surface area contributed by atoms with Crippen molar-refractivity contribution in [3.63, 3.8) is 0 Å². The number of hydrogen-bond donors (Lipinski definition) is 0. The Bertz CT molecular complexity index is 1440. The molecule has 1 unspecified atom stereocenters. The number of nitrogens with zero attached hydrogens (tertiary/aromatic N) is 3. The van der Waals surface area contributed by atoms with Crippen LogP contribution < -0.4 is 15.1 Å². The Hall–Kier alpha value is -3.52. The molecule has 4 aromatic rings. The molecule has 34 heavy (non-hydrogen) atoms. The Labute approximate surface area is 201 Å². The van der Waals surface area contributed by atoms with Gasteiger partial charge in [0.2, 0.25) is 10.9 Å². The maximum Gasteiger partial charge on any atom is 0.297 e. The lowest BCUT2D eigenvalue weighted by molar-refractivity contribution is 0.0970. The largest absolute Gasteiger partial charge is 0.494 e. The lowest BCUT2D eigenvalue weighted by Crippen LogP contribution is -2.29. The smallest absolute Gasteiger partial charge is 0.297 e. The summed E-state index contributed by atoms with van der Waals surface area (Å²) in [5.41, 5.74) is 2.21. The highest BCUT2D eigenvalue weighted by atomic mass is 32.1. The van der Waals surface area contributed by atoms with E-state index in [-0.39, 0.29) is 11.2 Å². The number of hydrogen-bond acceptors (Lipinski definition) is 7. The van der Waals surface area contributed by atoms with E-state index in [4.69, 9.17) is 9.15 Å². The summed E-state index contributed by atoms with van der Waals surface area (Å²) in [4.78, 5) is 28.9. The summed E-state index contributed by atoms with van der Waals surface area (Å²) in [5.74, 6) is 0.349. The summed E-state index contributed by atoms with van der Waals surface area (Å²) in [6.45, 7) is 6.61. The zero-order chi connectivity index (χ0) is 23.8. The molecule has 0 N–H and O–H groups in total. The predicted molar refractivity (Wildman–Crippen MR) is 132 cm³/mol. The van der Waals surface area contributed by atoms with Crippen molar-refractivity contribution >= 4 is 33.3 Å². The molecule has 0 aliphatic carbocycles. The molecule has 2 aromatic heterocycles. The normalized spacial score (nSPS) is 15.2. The van der Waals surface area contributed by atoms with Gasteiger partial charge in [0.25, 0.3) is 5.91 Å². The van der Waals surface area contributed by atoms with Crippen LogP contribution in [0.25, 0.3) is 11.0 Å². The minimum absolute atomic E-state index is 0.0541. The SMILES string of the molecule is CCCOc1cccc(C2c3c(oc4ccc(C)cc4c3=O)C(=O)N2c2nnc(CCC)s2)c1. The maximum atomic E-state index is 13.7. The monoisotopic (exact) mass is 475 g/mol. The van der Waals surface area contributed by atoms with Gasteiger partial charge in [0.15, 0.2) is 5.43 Å². The number of anilines is 1. The van der Waals surface area contributed by atoms with E-state index in [0.29, 0.717) is 34.0 Å². The molecule has 0 spiro atoms. The van der Waals surface area contributed by atoms with Gasteiger partial charge in [-0.1, -0.05) is 48.9 Å². The van der Waals surface area contributed by atoms with Crippen LogP contribution in [0.1, 0.15) is 65.0 Å². The molecular formula is C26H25N3O4S. The molecule has 0 radical (unpaired) electrons. The van der Waals surface area contributed by atoms with E-state index < -0.39 is 11.9 Å². The van der Waals surface area contributed by atoms with E-state index in [0.717, 1.165) is 35.4 Å². The second kappa shape index (κ2) is 9.02. The lowest BCUT2D eigenvalue weighted by Gasteiger charge is -2.22. The Morgan fingerprint density at radius 2 is 1.94 bits per heavy atom. The maximum absolute atomic E-state index is 13.7. The van der Waals surface area contributed by atoms with Crippen molar-refractivity contribution in [1.82, 2.24) is 10.2 Å². The predicted octanol–water partition coefficient (Wildman–Crippen LogP) is 5.44. The van der Waals surface area contributed by atoms with Crippen LogP contribution in [0.15, 0.2) is 51.7 Å². The van der Waals surface area contributed by atoms with E-state index in [2.05, 4.69) is 17.1 Å². The van der Waals surface area contributed by atoms with E-state index in [1.54, 1.807) is 12.1 Å². The quantitative estimate of drug-likeness (QED) is 0.354. The van der Waals surface area contributed by atoms with Crippen LogP contribution in [0.4, 0.5) is 5.13 Å². The zero-order valence-corrected chi connectivity index (χ0v) is 20.1. The first kappa shape index (κ1) is 22.3. The topological polar surface area (TPSA) is 85.5 Å². The van der Waals surface area contributed by atoms with Gasteiger partial charge in [-0.15, -0.1) is 10.2 Å². The number of ether oxygens (including phenoxy) is 1. The van der Waals surface area contributed by atoms with Gasteiger partial charge in [-0.05, 0) is 49.6 Å².